The molecule has 0 unspecified atom stereocenters. The molecule has 0 amide bonds. The molecular weight excluding hydrogens is 302 g/mol. The van der Waals surface area contributed by atoms with Gasteiger partial charge in [-0.3, -0.25) is 0 Å². The summed E-state index contributed by atoms with van der Waals surface area (Å²) in [5.41, 5.74) is 1.13. The van der Waals surface area contributed by atoms with Crippen LogP contribution in [0, 0.1) is 0 Å². The van der Waals surface area contributed by atoms with Gasteiger partial charge in [0.15, 0.2) is 0 Å². The zero-order chi connectivity index (χ0) is 15.1. The molecule has 2 heterocycles. The van der Waals surface area contributed by atoms with Gasteiger partial charge in [-0.1, -0.05) is 24.6 Å². The molecule has 21 heavy (non-hydrogen) atoms. The van der Waals surface area contributed by atoms with Gasteiger partial charge in [-0.15, -0.1) is 11.3 Å². The van der Waals surface area contributed by atoms with Crippen LogP contribution in [0.4, 0.5) is 5.82 Å². The van der Waals surface area contributed by atoms with Crippen molar-refractivity contribution in [3.05, 3.63) is 45.2 Å². The summed E-state index contributed by atoms with van der Waals surface area (Å²) in [5, 5.41) is 6.19. The summed E-state index contributed by atoms with van der Waals surface area (Å²) < 4.78 is 0. The van der Waals surface area contributed by atoms with Gasteiger partial charge in [-0.05, 0) is 42.5 Å². The van der Waals surface area contributed by atoms with Gasteiger partial charge >= 0.3 is 0 Å². The third-order valence-electron chi connectivity index (χ3n) is 3.27. The third-order valence-corrected chi connectivity index (χ3v) is 4.48. The number of nitrogens with zero attached hydrogens (tertiary/aromatic N) is 2. The van der Waals surface area contributed by atoms with Gasteiger partial charge in [0, 0.05) is 31.2 Å². The normalized spacial score (nSPS) is 10.8. The van der Waals surface area contributed by atoms with Gasteiger partial charge < -0.3 is 10.2 Å². The van der Waals surface area contributed by atoms with E-state index >= 15 is 0 Å². The first-order valence-electron chi connectivity index (χ1n) is 7.29. The lowest BCUT2D eigenvalue weighted by atomic mass is 10.2. The number of anilines is 1. The van der Waals surface area contributed by atoms with E-state index in [1.165, 1.54) is 4.88 Å². The molecule has 0 aliphatic rings. The maximum atomic E-state index is 6.37. The highest BCUT2D eigenvalue weighted by molar-refractivity contribution is 7.09. The number of hydrogen-bond acceptors (Lipinski definition) is 4. The van der Waals surface area contributed by atoms with Crippen molar-refractivity contribution in [1.29, 1.82) is 0 Å². The lowest BCUT2D eigenvalue weighted by Crippen LogP contribution is -2.22. The summed E-state index contributed by atoms with van der Waals surface area (Å²) in [7, 11) is 2.04. The summed E-state index contributed by atoms with van der Waals surface area (Å²) in [6.07, 6.45) is 4.06. The number of thiophene rings is 1. The molecule has 0 saturated heterocycles. The minimum Gasteiger partial charge on any atom is -0.358 e. The predicted molar refractivity (Wildman–Crippen MR) is 92.5 cm³/mol. The smallest absolute Gasteiger partial charge is 0.147 e. The molecule has 0 bridgehead atoms. The SMILES string of the molecule is CCCNCc1cnc(N(C)CCc2cccs2)c(Cl)c1. The van der Waals surface area contributed by atoms with Crippen LogP contribution >= 0.6 is 22.9 Å². The van der Waals surface area contributed by atoms with Crippen LogP contribution in [0.3, 0.4) is 0 Å². The van der Waals surface area contributed by atoms with Gasteiger partial charge in [0.05, 0.1) is 5.02 Å². The fourth-order valence-electron chi connectivity index (χ4n) is 2.10. The molecule has 2 rings (SSSR count). The number of likely N-dealkylation sites (N-methyl/N-ethyl adjacent to an activating group) is 1. The molecule has 0 aromatic carbocycles. The van der Waals surface area contributed by atoms with Crippen molar-refractivity contribution in [3.8, 4) is 0 Å². The lowest BCUT2D eigenvalue weighted by Gasteiger charge is -2.19. The molecule has 0 fully saturated rings. The first-order chi connectivity index (χ1) is 10.2. The average Bonchev–Trinajstić information content (AvgIpc) is 2.98. The highest BCUT2D eigenvalue weighted by Gasteiger charge is 2.09. The number of rotatable bonds is 8. The molecule has 0 atom stereocenters. The van der Waals surface area contributed by atoms with Crippen LogP contribution in [-0.4, -0.2) is 25.1 Å². The molecule has 114 valence electrons. The summed E-state index contributed by atoms with van der Waals surface area (Å²) in [6, 6.07) is 6.26. The Morgan fingerprint density at radius 2 is 2.29 bits per heavy atom. The third kappa shape index (κ3) is 4.99. The first kappa shape index (κ1) is 16.3. The molecule has 0 aliphatic carbocycles. The molecule has 0 aliphatic heterocycles. The van der Waals surface area contributed by atoms with Crippen LogP contribution in [0.2, 0.25) is 5.02 Å². The maximum Gasteiger partial charge on any atom is 0.147 e. The van der Waals surface area contributed by atoms with E-state index in [0.717, 1.165) is 48.9 Å². The number of pyridine rings is 1. The Hall–Kier alpha value is -1.10. The van der Waals surface area contributed by atoms with E-state index in [-0.39, 0.29) is 0 Å². The zero-order valence-electron chi connectivity index (χ0n) is 12.6. The largest absolute Gasteiger partial charge is 0.358 e. The average molecular weight is 324 g/mol. The topological polar surface area (TPSA) is 28.2 Å². The van der Waals surface area contributed by atoms with E-state index < -0.39 is 0 Å². The van der Waals surface area contributed by atoms with Crippen molar-refractivity contribution < 1.29 is 0 Å². The van der Waals surface area contributed by atoms with Crippen molar-refractivity contribution in [3.63, 3.8) is 0 Å². The summed E-state index contributed by atoms with van der Waals surface area (Å²) in [5.74, 6) is 0.854. The number of aromatic nitrogens is 1. The molecule has 3 nitrogen and oxygen atoms in total. The molecule has 0 radical (unpaired) electrons. The Morgan fingerprint density at radius 3 is 2.95 bits per heavy atom. The Bertz CT molecular complexity index is 542. The summed E-state index contributed by atoms with van der Waals surface area (Å²) >= 11 is 8.16. The maximum absolute atomic E-state index is 6.37. The van der Waals surface area contributed by atoms with Crippen molar-refractivity contribution in [2.24, 2.45) is 0 Å². The molecule has 2 aromatic rings. The van der Waals surface area contributed by atoms with Crippen molar-refractivity contribution in [2.75, 3.05) is 25.0 Å². The highest BCUT2D eigenvalue weighted by Crippen LogP contribution is 2.23. The van der Waals surface area contributed by atoms with Gasteiger partial charge in [-0.2, -0.15) is 0 Å². The quantitative estimate of drug-likeness (QED) is 0.745. The number of nitrogens with one attached hydrogen (secondary N) is 1. The van der Waals surface area contributed by atoms with Crippen molar-refractivity contribution in [1.82, 2.24) is 10.3 Å². The van der Waals surface area contributed by atoms with Crippen molar-refractivity contribution >= 4 is 28.8 Å². The Morgan fingerprint density at radius 1 is 1.43 bits per heavy atom. The lowest BCUT2D eigenvalue weighted by molar-refractivity contribution is 0.674. The van der Waals surface area contributed by atoms with E-state index in [9.17, 15) is 0 Å². The zero-order valence-corrected chi connectivity index (χ0v) is 14.2. The predicted octanol–water partition coefficient (Wildman–Crippen LogP) is 3.98. The van der Waals surface area contributed by atoms with Gasteiger partial charge in [-0.25, -0.2) is 4.98 Å². The number of halogens is 1. The summed E-state index contributed by atoms with van der Waals surface area (Å²) in [4.78, 5) is 8.02. The molecule has 2 aromatic heterocycles. The van der Waals surface area contributed by atoms with Crippen LogP contribution in [0.5, 0.6) is 0 Å². The highest BCUT2D eigenvalue weighted by atomic mass is 35.5. The molecule has 1 N–H and O–H groups in total. The van der Waals surface area contributed by atoms with Gasteiger partial charge in [0.2, 0.25) is 0 Å². The monoisotopic (exact) mass is 323 g/mol. The second-order valence-electron chi connectivity index (χ2n) is 5.08. The fraction of sp³-hybridized carbons (Fsp3) is 0.438. The van der Waals surface area contributed by atoms with Gasteiger partial charge in [0.25, 0.3) is 0 Å². The Kier molecular flexibility index (Phi) is 6.49. The minimum absolute atomic E-state index is 0.722. The molecule has 5 heteroatoms. The van der Waals surface area contributed by atoms with Gasteiger partial charge in [0.1, 0.15) is 5.82 Å². The molecule has 0 spiro atoms. The van der Waals surface area contributed by atoms with Crippen molar-refractivity contribution in [2.45, 2.75) is 26.3 Å². The fourth-order valence-corrected chi connectivity index (χ4v) is 3.13. The Balaban J connectivity index is 1.92. The standard InChI is InChI=1S/C16H22ClN3S/c1-3-7-18-11-13-10-15(17)16(19-12-13)20(2)8-6-14-5-4-9-21-14/h4-5,9-10,12,18H,3,6-8,11H2,1-2H3. The van der Waals surface area contributed by atoms with Crippen LogP contribution in [0.1, 0.15) is 23.8 Å². The van der Waals surface area contributed by atoms with Crippen LogP contribution < -0.4 is 10.2 Å². The second-order valence-corrected chi connectivity index (χ2v) is 6.52. The van der Waals surface area contributed by atoms with E-state index in [1.807, 2.05) is 19.3 Å². The summed E-state index contributed by atoms with van der Waals surface area (Å²) in [6.45, 7) is 4.91. The van der Waals surface area contributed by atoms with E-state index in [4.69, 9.17) is 11.6 Å². The first-order valence-corrected chi connectivity index (χ1v) is 8.55. The van der Waals surface area contributed by atoms with Crippen LogP contribution in [0.15, 0.2) is 29.8 Å². The van der Waals surface area contributed by atoms with E-state index in [2.05, 4.69) is 39.6 Å². The number of hydrogen-bond donors (Lipinski definition) is 1. The molecule has 0 saturated carbocycles. The van der Waals surface area contributed by atoms with Crippen LogP contribution in [-0.2, 0) is 13.0 Å². The second kappa shape index (κ2) is 8.37. The Labute approximate surface area is 136 Å². The minimum atomic E-state index is 0.722. The molecular formula is C16H22ClN3S. The van der Waals surface area contributed by atoms with E-state index in [1.54, 1.807) is 11.3 Å². The van der Waals surface area contributed by atoms with E-state index in [0.29, 0.717) is 0 Å². The van der Waals surface area contributed by atoms with Crippen LogP contribution in [0.25, 0.3) is 0 Å².